The minimum atomic E-state index is -0.620. The number of nitrogens with one attached hydrogen (secondary N) is 1. The first-order valence-corrected chi connectivity index (χ1v) is 7.16. The maximum absolute atomic E-state index is 11.9. The van der Waals surface area contributed by atoms with E-state index in [0.717, 1.165) is 14.9 Å². The summed E-state index contributed by atoms with van der Waals surface area (Å²) in [5.41, 5.74) is 6.72. The fourth-order valence-electron chi connectivity index (χ4n) is 1.54. The van der Waals surface area contributed by atoms with Crippen LogP contribution in [0.4, 0.5) is 0 Å². The molecule has 94 valence electrons. The van der Waals surface area contributed by atoms with E-state index in [1.54, 1.807) is 11.3 Å². The van der Waals surface area contributed by atoms with Gasteiger partial charge in [-0.1, -0.05) is 30.3 Å². The predicted molar refractivity (Wildman–Crippen MR) is 77.2 cm³/mol. The van der Waals surface area contributed by atoms with Crippen molar-refractivity contribution < 1.29 is 4.79 Å². The lowest BCUT2D eigenvalue weighted by Gasteiger charge is -2.12. The first-order valence-electron chi connectivity index (χ1n) is 5.48. The maximum Gasteiger partial charge on any atom is 0.241 e. The summed E-state index contributed by atoms with van der Waals surface area (Å²) < 4.78 is 1.01. The van der Waals surface area contributed by atoms with Crippen molar-refractivity contribution in [2.45, 2.75) is 12.6 Å². The van der Waals surface area contributed by atoms with Gasteiger partial charge >= 0.3 is 0 Å². The zero-order valence-corrected chi connectivity index (χ0v) is 12.0. The van der Waals surface area contributed by atoms with Crippen LogP contribution >= 0.6 is 27.3 Å². The number of thiophene rings is 1. The van der Waals surface area contributed by atoms with Gasteiger partial charge in [-0.25, -0.2) is 0 Å². The molecule has 1 heterocycles. The number of rotatable bonds is 4. The molecule has 0 saturated carbocycles. The summed E-state index contributed by atoms with van der Waals surface area (Å²) >= 11 is 5.02. The van der Waals surface area contributed by atoms with E-state index >= 15 is 0 Å². The number of carbonyl (C=O) groups excluding carboxylic acids is 1. The molecule has 18 heavy (non-hydrogen) atoms. The summed E-state index contributed by atoms with van der Waals surface area (Å²) in [7, 11) is 0. The van der Waals surface area contributed by atoms with Crippen LogP contribution < -0.4 is 11.1 Å². The molecule has 1 aromatic carbocycles. The molecule has 2 rings (SSSR count). The van der Waals surface area contributed by atoms with Crippen LogP contribution in [-0.4, -0.2) is 5.91 Å². The average Bonchev–Trinajstić information content (AvgIpc) is 2.81. The summed E-state index contributed by atoms with van der Waals surface area (Å²) in [6, 6.07) is 10.7. The van der Waals surface area contributed by atoms with E-state index in [9.17, 15) is 4.79 Å². The third kappa shape index (κ3) is 3.19. The van der Waals surface area contributed by atoms with Gasteiger partial charge in [0, 0.05) is 9.35 Å². The highest BCUT2D eigenvalue weighted by Gasteiger charge is 2.15. The van der Waals surface area contributed by atoms with Gasteiger partial charge in [-0.05, 0) is 32.9 Å². The number of benzene rings is 1. The molecule has 5 heteroatoms. The summed E-state index contributed by atoms with van der Waals surface area (Å²) in [6.45, 7) is 0.498. The molecule has 0 unspecified atom stereocenters. The van der Waals surface area contributed by atoms with Crippen molar-refractivity contribution in [3.63, 3.8) is 0 Å². The molecule has 1 aromatic heterocycles. The van der Waals surface area contributed by atoms with Crippen molar-refractivity contribution in [1.82, 2.24) is 5.32 Å². The van der Waals surface area contributed by atoms with Crippen molar-refractivity contribution in [2.24, 2.45) is 5.73 Å². The van der Waals surface area contributed by atoms with Crippen LogP contribution in [0, 0.1) is 0 Å². The number of hydrogen-bond donors (Lipinski definition) is 2. The minimum absolute atomic E-state index is 0.165. The van der Waals surface area contributed by atoms with E-state index in [2.05, 4.69) is 21.2 Å². The Kier molecular flexibility index (Phi) is 4.52. The molecule has 0 fully saturated rings. The molecule has 2 aromatic rings. The van der Waals surface area contributed by atoms with Gasteiger partial charge < -0.3 is 11.1 Å². The summed E-state index contributed by atoms with van der Waals surface area (Å²) in [5.74, 6) is -0.165. The van der Waals surface area contributed by atoms with Crippen molar-refractivity contribution >= 4 is 33.2 Å². The molecule has 1 atom stereocenters. The highest BCUT2D eigenvalue weighted by molar-refractivity contribution is 9.10. The lowest BCUT2D eigenvalue weighted by Crippen LogP contribution is -2.33. The second-order valence-electron chi connectivity index (χ2n) is 3.80. The van der Waals surface area contributed by atoms with Gasteiger partial charge in [-0.2, -0.15) is 0 Å². The Labute approximate surface area is 118 Å². The Morgan fingerprint density at radius 3 is 2.67 bits per heavy atom. The molecule has 3 N–H and O–H groups in total. The van der Waals surface area contributed by atoms with Crippen LogP contribution in [0.1, 0.15) is 16.5 Å². The van der Waals surface area contributed by atoms with Crippen LogP contribution in [0.5, 0.6) is 0 Å². The SMILES string of the molecule is N[C@H](C(=O)NCc1sccc1Br)c1ccccc1. The summed E-state index contributed by atoms with van der Waals surface area (Å²) in [6.07, 6.45) is 0. The van der Waals surface area contributed by atoms with Gasteiger partial charge in [0.25, 0.3) is 0 Å². The Bertz CT molecular complexity index is 527. The summed E-state index contributed by atoms with van der Waals surface area (Å²) in [5, 5.41) is 4.82. The lowest BCUT2D eigenvalue weighted by atomic mass is 10.1. The predicted octanol–water partition coefficient (Wildman–Crippen LogP) is 2.83. The topological polar surface area (TPSA) is 55.1 Å². The van der Waals surface area contributed by atoms with Gasteiger partial charge in [-0.3, -0.25) is 4.79 Å². The standard InChI is InChI=1S/C13H13BrN2OS/c14-10-6-7-18-11(10)8-16-13(17)12(15)9-4-2-1-3-5-9/h1-7,12H,8,15H2,(H,16,17)/t12-/m0/s1. The summed E-state index contributed by atoms with van der Waals surface area (Å²) in [4.78, 5) is 13.0. The van der Waals surface area contributed by atoms with Gasteiger partial charge in [0.2, 0.25) is 5.91 Å². The number of amides is 1. The van der Waals surface area contributed by atoms with E-state index in [1.807, 2.05) is 41.8 Å². The normalized spacial score (nSPS) is 12.1. The fourth-order valence-corrected chi connectivity index (χ4v) is 2.97. The first-order chi connectivity index (χ1) is 8.68. The molecule has 0 aliphatic rings. The molecule has 3 nitrogen and oxygen atoms in total. The van der Waals surface area contributed by atoms with E-state index in [-0.39, 0.29) is 5.91 Å². The molecule has 0 aliphatic carbocycles. The first kappa shape index (κ1) is 13.3. The maximum atomic E-state index is 11.9. The van der Waals surface area contributed by atoms with Crippen molar-refractivity contribution in [3.05, 3.63) is 56.7 Å². The molecular formula is C13H13BrN2OS. The monoisotopic (exact) mass is 324 g/mol. The molecular weight excluding hydrogens is 312 g/mol. The van der Waals surface area contributed by atoms with Crippen LogP contribution in [0.2, 0.25) is 0 Å². The van der Waals surface area contributed by atoms with Crippen LogP contribution in [0.25, 0.3) is 0 Å². The number of nitrogens with two attached hydrogens (primary N) is 1. The Hall–Kier alpha value is -1.17. The smallest absolute Gasteiger partial charge is 0.241 e. The fraction of sp³-hybridized carbons (Fsp3) is 0.154. The average molecular weight is 325 g/mol. The highest BCUT2D eigenvalue weighted by atomic mass is 79.9. The third-order valence-electron chi connectivity index (χ3n) is 2.56. The molecule has 0 bridgehead atoms. The Morgan fingerprint density at radius 2 is 2.06 bits per heavy atom. The quantitative estimate of drug-likeness (QED) is 0.908. The van der Waals surface area contributed by atoms with E-state index < -0.39 is 6.04 Å². The number of halogens is 1. The zero-order valence-electron chi connectivity index (χ0n) is 9.60. The van der Waals surface area contributed by atoms with Gasteiger partial charge in [0.1, 0.15) is 6.04 Å². The Balaban J connectivity index is 1.95. The second-order valence-corrected chi connectivity index (χ2v) is 5.65. The molecule has 1 amide bonds. The van der Waals surface area contributed by atoms with Crippen LogP contribution in [0.15, 0.2) is 46.3 Å². The Morgan fingerprint density at radius 1 is 1.33 bits per heavy atom. The zero-order chi connectivity index (χ0) is 13.0. The van der Waals surface area contributed by atoms with Gasteiger partial charge in [-0.15, -0.1) is 11.3 Å². The highest BCUT2D eigenvalue weighted by Crippen LogP contribution is 2.22. The largest absolute Gasteiger partial charge is 0.350 e. The lowest BCUT2D eigenvalue weighted by molar-refractivity contribution is -0.122. The molecule has 0 saturated heterocycles. The van der Waals surface area contributed by atoms with Crippen molar-refractivity contribution in [2.75, 3.05) is 0 Å². The van der Waals surface area contributed by atoms with E-state index in [4.69, 9.17) is 5.73 Å². The van der Waals surface area contributed by atoms with Gasteiger partial charge in [0.15, 0.2) is 0 Å². The van der Waals surface area contributed by atoms with Crippen molar-refractivity contribution in [1.29, 1.82) is 0 Å². The van der Waals surface area contributed by atoms with E-state index in [0.29, 0.717) is 6.54 Å². The molecule has 0 radical (unpaired) electrons. The number of hydrogen-bond acceptors (Lipinski definition) is 3. The minimum Gasteiger partial charge on any atom is -0.350 e. The second kappa shape index (κ2) is 6.13. The van der Waals surface area contributed by atoms with Crippen LogP contribution in [0.3, 0.4) is 0 Å². The third-order valence-corrected chi connectivity index (χ3v) is 4.48. The van der Waals surface area contributed by atoms with Crippen molar-refractivity contribution in [3.8, 4) is 0 Å². The van der Waals surface area contributed by atoms with E-state index in [1.165, 1.54) is 0 Å². The molecule has 0 aliphatic heterocycles. The van der Waals surface area contributed by atoms with Gasteiger partial charge in [0.05, 0.1) is 6.54 Å². The molecule has 0 spiro atoms. The number of carbonyl (C=O) groups is 1. The van der Waals surface area contributed by atoms with Crippen LogP contribution in [-0.2, 0) is 11.3 Å².